The molecule has 1 aliphatic heterocycles. The molecule has 0 aliphatic carbocycles. The zero-order valence-electron chi connectivity index (χ0n) is 10.9. The first-order chi connectivity index (χ1) is 8.43. The number of benzene rings is 1. The van der Waals surface area contributed by atoms with Crippen LogP contribution in [0, 0.1) is 12.7 Å². The van der Waals surface area contributed by atoms with E-state index in [4.69, 9.17) is 0 Å². The van der Waals surface area contributed by atoms with Crippen LogP contribution < -0.4 is 5.32 Å². The molecule has 0 bridgehead atoms. The van der Waals surface area contributed by atoms with Crippen molar-refractivity contribution in [3.8, 4) is 0 Å². The van der Waals surface area contributed by atoms with Crippen LogP contribution in [0.5, 0.6) is 0 Å². The van der Waals surface area contributed by atoms with Crippen molar-refractivity contribution in [1.29, 1.82) is 0 Å². The van der Waals surface area contributed by atoms with Gasteiger partial charge in [-0.25, -0.2) is 12.8 Å². The van der Waals surface area contributed by atoms with Crippen LogP contribution in [0.25, 0.3) is 0 Å². The lowest BCUT2D eigenvalue weighted by molar-refractivity contribution is 0.387. The van der Waals surface area contributed by atoms with E-state index in [2.05, 4.69) is 5.32 Å². The maximum Gasteiger partial charge on any atom is 0.243 e. The molecule has 1 fully saturated rings. The normalized spacial score (nSPS) is 19.5. The van der Waals surface area contributed by atoms with Gasteiger partial charge in [0.25, 0.3) is 0 Å². The molecule has 1 atom stereocenters. The van der Waals surface area contributed by atoms with E-state index in [1.54, 1.807) is 14.0 Å². The summed E-state index contributed by atoms with van der Waals surface area (Å²) >= 11 is 0. The fourth-order valence-corrected chi connectivity index (χ4v) is 3.44. The number of nitrogens with zero attached hydrogens (tertiary/aromatic N) is 1. The molecule has 7 heteroatoms. The molecular weight excluding hydrogens is 291 g/mol. The van der Waals surface area contributed by atoms with Crippen molar-refractivity contribution in [2.24, 2.45) is 0 Å². The van der Waals surface area contributed by atoms with Crippen LogP contribution >= 0.6 is 12.4 Å². The number of likely N-dealkylation sites (N-methyl/N-ethyl adjacent to an activating group) is 1. The highest BCUT2D eigenvalue weighted by molar-refractivity contribution is 7.89. The minimum atomic E-state index is -3.61. The first-order valence-electron chi connectivity index (χ1n) is 5.88. The molecule has 1 saturated heterocycles. The minimum absolute atomic E-state index is 0. The highest BCUT2D eigenvalue weighted by Gasteiger charge is 2.30. The average molecular weight is 309 g/mol. The highest BCUT2D eigenvalue weighted by Crippen LogP contribution is 2.21. The van der Waals surface area contributed by atoms with Crippen LogP contribution in [-0.4, -0.2) is 38.9 Å². The maximum atomic E-state index is 13.5. The summed E-state index contributed by atoms with van der Waals surface area (Å²) in [6.07, 6.45) is 0.782. The van der Waals surface area contributed by atoms with E-state index in [-0.39, 0.29) is 23.3 Å². The average Bonchev–Trinajstić information content (AvgIpc) is 2.85. The topological polar surface area (TPSA) is 49.4 Å². The Hall–Kier alpha value is -0.690. The first-order valence-corrected chi connectivity index (χ1v) is 7.32. The van der Waals surface area contributed by atoms with Crippen LogP contribution in [0.1, 0.15) is 12.0 Å². The van der Waals surface area contributed by atoms with Gasteiger partial charge < -0.3 is 5.32 Å². The Kier molecular flexibility index (Phi) is 5.32. The molecule has 0 amide bonds. The van der Waals surface area contributed by atoms with E-state index in [1.165, 1.54) is 16.4 Å². The highest BCUT2D eigenvalue weighted by atomic mass is 35.5. The molecule has 0 saturated carbocycles. The number of nitrogens with one attached hydrogen (secondary N) is 1. The Morgan fingerprint density at radius 3 is 2.63 bits per heavy atom. The zero-order chi connectivity index (χ0) is 13.3. The van der Waals surface area contributed by atoms with Gasteiger partial charge in [0.05, 0.1) is 4.90 Å². The Morgan fingerprint density at radius 1 is 1.42 bits per heavy atom. The molecule has 0 radical (unpaired) electrons. The largest absolute Gasteiger partial charge is 0.315 e. The van der Waals surface area contributed by atoms with Gasteiger partial charge in [0.1, 0.15) is 5.82 Å². The smallest absolute Gasteiger partial charge is 0.243 e. The fourth-order valence-electron chi connectivity index (χ4n) is 2.05. The molecule has 2 rings (SSSR count). The van der Waals surface area contributed by atoms with E-state index < -0.39 is 15.8 Å². The first kappa shape index (κ1) is 16.4. The fraction of sp³-hybridized carbons (Fsp3) is 0.500. The Labute approximate surface area is 119 Å². The zero-order valence-corrected chi connectivity index (χ0v) is 12.5. The second kappa shape index (κ2) is 6.17. The van der Waals surface area contributed by atoms with E-state index in [1.807, 2.05) is 0 Å². The van der Waals surface area contributed by atoms with Crippen LogP contribution in [0.3, 0.4) is 0 Å². The van der Waals surface area contributed by atoms with E-state index in [0.29, 0.717) is 12.1 Å². The molecule has 1 aromatic carbocycles. The quantitative estimate of drug-likeness (QED) is 0.921. The van der Waals surface area contributed by atoms with E-state index >= 15 is 0 Å². The molecule has 4 nitrogen and oxygen atoms in total. The van der Waals surface area contributed by atoms with Gasteiger partial charge in [-0.1, -0.05) is 6.07 Å². The van der Waals surface area contributed by atoms with Gasteiger partial charge in [-0.15, -0.1) is 12.4 Å². The number of rotatable bonds is 3. The van der Waals surface area contributed by atoms with Crippen molar-refractivity contribution in [2.75, 3.05) is 20.1 Å². The van der Waals surface area contributed by atoms with Gasteiger partial charge in [0.2, 0.25) is 10.0 Å². The molecule has 108 valence electrons. The molecule has 1 unspecified atom stereocenters. The number of hydrogen-bond donors (Lipinski definition) is 1. The van der Waals surface area contributed by atoms with E-state index in [9.17, 15) is 12.8 Å². The van der Waals surface area contributed by atoms with Gasteiger partial charge in [0, 0.05) is 19.6 Å². The molecule has 1 aromatic rings. The monoisotopic (exact) mass is 308 g/mol. The lowest BCUT2D eigenvalue weighted by Gasteiger charge is -2.23. The lowest BCUT2D eigenvalue weighted by atomic mass is 10.2. The van der Waals surface area contributed by atoms with Gasteiger partial charge >= 0.3 is 0 Å². The summed E-state index contributed by atoms with van der Waals surface area (Å²) < 4.78 is 39.4. The minimum Gasteiger partial charge on any atom is -0.315 e. The predicted octanol–water partition coefficient (Wildman–Crippen LogP) is 1.54. The number of halogens is 2. The SMILES string of the molecule is Cc1ccc(S(=O)(=O)N(C)C2CCNC2)cc1F.Cl. The van der Waals surface area contributed by atoms with Gasteiger partial charge in [0.15, 0.2) is 0 Å². The summed E-state index contributed by atoms with van der Waals surface area (Å²) in [7, 11) is -2.06. The van der Waals surface area contributed by atoms with Crippen molar-refractivity contribution < 1.29 is 12.8 Å². The summed E-state index contributed by atoms with van der Waals surface area (Å²) in [4.78, 5) is 0.0139. The summed E-state index contributed by atoms with van der Waals surface area (Å²) in [5, 5.41) is 3.12. The van der Waals surface area contributed by atoms with Gasteiger partial charge in [-0.3, -0.25) is 0 Å². The summed E-state index contributed by atoms with van der Waals surface area (Å²) in [5.74, 6) is -0.492. The predicted molar refractivity (Wildman–Crippen MR) is 74.6 cm³/mol. The molecular formula is C12H18ClFN2O2S. The summed E-state index contributed by atoms with van der Waals surface area (Å²) in [6.45, 7) is 3.06. The lowest BCUT2D eigenvalue weighted by Crippen LogP contribution is -2.38. The van der Waals surface area contributed by atoms with Gasteiger partial charge in [-0.2, -0.15) is 4.31 Å². The van der Waals surface area contributed by atoms with Crippen LogP contribution in [0.2, 0.25) is 0 Å². The summed E-state index contributed by atoms with van der Waals surface area (Å²) in [5.41, 5.74) is 0.444. The standard InChI is InChI=1S/C12H17FN2O2S.ClH/c1-9-3-4-11(7-12(9)13)18(16,17)15(2)10-5-6-14-8-10;/h3-4,7,10,14H,5-6,8H2,1-2H3;1H. The second-order valence-electron chi connectivity index (χ2n) is 4.58. The van der Waals surface area contributed by atoms with E-state index in [0.717, 1.165) is 19.0 Å². The molecule has 1 aliphatic rings. The maximum absolute atomic E-state index is 13.5. The Bertz CT molecular complexity index is 545. The van der Waals surface area contributed by atoms with Crippen LogP contribution in [-0.2, 0) is 10.0 Å². The molecule has 19 heavy (non-hydrogen) atoms. The van der Waals surface area contributed by atoms with Crippen LogP contribution in [0.15, 0.2) is 23.1 Å². The van der Waals surface area contributed by atoms with Crippen molar-refractivity contribution in [3.63, 3.8) is 0 Å². The third-order valence-electron chi connectivity index (χ3n) is 3.37. The molecule has 0 spiro atoms. The number of sulfonamides is 1. The van der Waals surface area contributed by atoms with Crippen molar-refractivity contribution in [1.82, 2.24) is 9.62 Å². The molecule has 1 heterocycles. The van der Waals surface area contributed by atoms with Crippen molar-refractivity contribution in [3.05, 3.63) is 29.6 Å². The number of aryl methyl sites for hydroxylation is 1. The molecule has 1 N–H and O–H groups in total. The Morgan fingerprint density at radius 2 is 2.11 bits per heavy atom. The number of hydrogen-bond acceptors (Lipinski definition) is 3. The summed E-state index contributed by atoms with van der Waals surface area (Å²) in [6, 6.07) is 3.97. The Balaban J connectivity index is 0.00000180. The third kappa shape index (κ3) is 3.25. The van der Waals surface area contributed by atoms with Crippen LogP contribution in [0.4, 0.5) is 4.39 Å². The van der Waals surface area contributed by atoms with Crippen molar-refractivity contribution >= 4 is 22.4 Å². The van der Waals surface area contributed by atoms with Crippen molar-refractivity contribution in [2.45, 2.75) is 24.3 Å². The van der Waals surface area contributed by atoms with Gasteiger partial charge in [-0.05, 0) is 37.6 Å². The molecule has 0 aromatic heterocycles. The second-order valence-corrected chi connectivity index (χ2v) is 6.58. The third-order valence-corrected chi connectivity index (χ3v) is 5.27.